The molecule has 0 aliphatic carbocycles. The van der Waals surface area contributed by atoms with Gasteiger partial charge >= 0.3 is 5.97 Å². The van der Waals surface area contributed by atoms with Crippen molar-refractivity contribution in [1.29, 1.82) is 0 Å². The van der Waals surface area contributed by atoms with E-state index in [0.717, 1.165) is 5.69 Å². The highest BCUT2D eigenvalue weighted by molar-refractivity contribution is 5.85. The first-order chi connectivity index (χ1) is 9.11. The Morgan fingerprint density at radius 1 is 1.26 bits per heavy atom. The second-order valence-electron chi connectivity index (χ2n) is 3.79. The predicted octanol–water partition coefficient (Wildman–Crippen LogP) is 2.47. The molecule has 0 saturated carbocycles. The smallest absolute Gasteiger partial charge is 0.356 e. The van der Waals surface area contributed by atoms with E-state index in [9.17, 15) is 9.18 Å². The molecule has 2 rings (SSSR count). The summed E-state index contributed by atoms with van der Waals surface area (Å²) in [6.45, 7) is 2.52. The van der Waals surface area contributed by atoms with Crippen LogP contribution >= 0.6 is 0 Å². The molecule has 1 aromatic heterocycles. The lowest BCUT2D eigenvalue weighted by atomic mass is 10.3. The monoisotopic (exact) mass is 261 g/mol. The molecule has 0 spiro atoms. The number of hydrogen-bond acceptors (Lipinski definition) is 4. The van der Waals surface area contributed by atoms with Crippen LogP contribution in [0.5, 0.6) is 0 Å². The van der Waals surface area contributed by atoms with Crippen molar-refractivity contribution < 1.29 is 14.3 Å². The van der Waals surface area contributed by atoms with E-state index in [-0.39, 0.29) is 11.5 Å². The van der Waals surface area contributed by atoms with Crippen molar-refractivity contribution in [3.8, 4) is 0 Å². The van der Waals surface area contributed by atoms with Gasteiger partial charge in [0.2, 0.25) is 0 Å². The standard InChI is InChI=1S/C13H12FN3O2/c1-2-17(10-5-3-9(14)4-6-10)12-8-15-11(7-16-12)13(18)19/h3-8H,2H2,1H3,(H,18,19). The number of aromatic nitrogens is 2. The molecule has 6 heteroatoms. The minimum atomic E-state index is -1.12. The first-order valence-corrected chi connectivity index (χ1v) is 5.70. The summed E-state index contributed by atoms with van der Waals surface area (Å²) in [7, 11) is 0. The molecule has 0 bridgehead atoms. The highest BCUT2D eigenvalue weighted by Gasteiger charge is 2.11. The van der Waals surface area contributed by atoms with Gasteiger partial charge in [-0.15, -0.1) is 0 Å². The summed E-state index contributed by atoms with van der Waals surface area (Å²) >= 11 is 0. The molecule has 0 unspecified atom stereocenters. The number of anilines is 2. The van der Waals surface area contributed by atoms with Gasteiger partial charge in [-0.1, -0.05) is 0 Å². The van der Waals surface area contributed by atoms with E-state index in [0.29, 0.717) is 12.4 Å². The molecule has 98 valence electrons. The number of rotatable bonds is 4. The van der Waals surface area contributed by atoms with Crippen molar-refractivity contribution in [2.75, 3.05) is 11.4 Å². The van der Waals surface area contributed by atoms with Gasteiger partial charge in [-0.3, -0.25) is 0 Å². The van der Waals surface area contributed by atoms with Crippen LogP contribution in [-0.2, 0) is 0 Å². The van der Waals surface area contributed by atoms with Gasteiger partial charge in [0.15, 0.2) is 11.5 Å². The lowest BCUT2D eigenvalue weighted by molar-refractivity contribution is 0.0690. The molecule has 1 aromatic carbocycles. The molecule has 0 aliphatic heterocycles. The van der Waals surface area contributed by atoms with Crippen molar-refractivity contribution in [3.63, 3.8) is 0 Å². The van der Waals surface area contributed by atoms with Gasteiger partial charge in [0.1, 0.15) is 5.82 Å². The Hall–Kier alpha value is -2.50. The molecule has 0 aliphatic rings. The molecule has 0 fully saturated rings. The van der Waals surface area contributed by atoms with Crippen LogP contribution < -0.4 is 4.90 Å². The van der Waals surface area contributed by atoms with Gasteiger partial charge in [0.05, 0.1) is 12.4 Å². The Kier molecular flexibility index (Phi) is 3.70. The van der Waals surface area contributed by atoms with Crippen LogP contribution in [0.1, 0.15) is 17.4 Å². The van der Waals surface area contributed by atoms with Crippen molar-refractivity contribution in [2.24, 2.45) is 0 Å². The minimum Gasteiger partial charge on any atom is -0.476 e. The van der Waals surface area contributed by atoms with Crippen molar-refractivity contribution in [3.05, 3.63) is 48.2 Å². The number of nitrogens with zero attached hydrogens (tertiary/aromatic N) is 3. The molecular weight excluding hydrogens is 249 g/mol. The van der Waals surface area contributed by atoms with Gasteiger partial charge in [-0.05, 0) is 31.2 Å². The molecular formula is C13H12FN3O2. The van der Waals surface area contributed by atoms with Gasteiger partial charge in [0.25, 0.3) is 0 Å². The summed E-state index contributed by atoms with van der Waals surface area (Å²) in [5.41, 5.74) is 0.653. The normalized spacial score (nSPS) is 10.2. The fraction of sp³-hybridized carbons (Fsp3) is 0.154. The third-order valence-electron chi connectivity index (χ3n) is 2.59. The Labute approximate surface area is 109 Å². The first-order valence-electron chi connectivity index (χ1n) is 5.70. The fourth-order valence-electron chi connectivity index (χ4n) is 1.67. The number of carboxylic acids is 1. The molecule has 2 aromatic rings. The van der Waals surface area contributed by atoms with Crippen LogP contribution in [0, 0.1) is 5.82 Å². The van der Waals surface area contributed by atoms with Crippen LogP contribution in [0.3, 0.4) is 0 Å². The van der Waals surface area contributed by atoms with Crippen LogP contribution in [0.2, 0.25) is 0 Å². The SMILES string of the molecule is CCN(c1ccc(F)cc1)c1cnc(C(=O)O)cn1. The van der Waals surface area contributed by atoms with E-state index in [1.165, 1.54) is 24.5 Å². The molecule has 0 radical (unpaired) electrons. The van der Waals surface area contributed by atoms with E-state index in [1.54, 1.807) is 17.0 Å². The number of halogens is 1. The summed E-state index contributed by atoms with van der Waals surface area (Å²) in [6.07, 6.45) is 2.58. The molecule has 19 heavy (non-hydrogen) atoms. The third kappa shape index (κ3) is 2.85. The van der Waals surface area contributed by atoms with E-state index in [2.05, 4.69) is 9.97 Å². The lowest BCUT2D eigenvalue weighted by Crippen LogP contribution is -2.18. The lowest BCUT2D eigenvalue weighted by Gasteiger charge is -2.21. The predicted molar refractivity (Wildman–Crippen MR) is 68.1 cm³/mol. The molecule has 0 atom stereocenters. The van der Waals surface area contributed by atoms with Crippen molar-refractivity contribution in [2.45, 2.75) is 6.92 Å². The highest BCUT2D eigenvalue weighted by Crippen LogP contribution is 2.22. The maximum absolute atomic E-state index is 12.9. The summed E-state index contributed by atoms with van der Waals surface area (Å²) < 4.78 is 12.9. The van der Waals surface area contributed by atoms with Gasteiger partial charge in [-0.25, -0.2) is 19.2 Å². The number of carbonyl (C=O) groups is 1. The van der Waals surface area contributed by atoms with Crippen LogP contribution in [0.25, 0.3) is 0 Å². The Morgan fingerprint density at radius 2 is 1.95 bits per heavy atom. The summed E-state index contributed by atoms with van der Waals surface area (Å²) in [6, 6.07) is 5.98. The molecule has 0 saturated heterocycles. The van der Waals surface area contributed by atoms with E-state index in [4.69, 9.17) is 5.11 Å². The third-order valence-corrected chi connectivity index (χ3v) is 2.59. The van der Waals surface area contributed by atoms with Crippen LogP contribution in [0.15, 0.2) is 36.7 Å². The topological polar surface area (TPSA) is 66.3 Å². The number of hydrogen-bond donors (Lipinski definition) is 1. The highest BCUT2D eigenvalue weighted by atomic mass is 19.1. The molecule has 0 amide bonds. The van der Waals surface area contributed by atoms with Crippen LogP contribution in [-0.4, -0.2) is 27.6 Å². The molecule has 1 heterocycles. The summed E-state index contributed by atoms with van der Waals surface area (Å²) in [5, 5.41) is 8.76. The molecule has 5 nitrogen and oxygen atoms in total. The Balaban J connectivity index is 2.31. The number of carboxylic acid groups (broad SMARTS) is 1. The zero-order valence-corrected chi connectivity index (χ0v) is 10.2. The maximum Gasteiger partial charge on any atom is 0.356 e. The quantitative estimate of drug-likeness (QED) is 0.915. The second kappa shape index (κ2) is 5.43. The average molecular weight is 261 g/mol. The van der Waals surface area contributed by atoms with Crippen molar-refractivity contribution >= 4 is 17.5 Å². The van der Waals surface area contributed by atoms with Gasteiger partial charge in [-0.2, -0.15) is 0 Å². The zero-order chi connectivity index (χ0) is 13.8. The fourth-order valence-corrected chi connectivity index (χ4v) is 1.67. The summed E-state index contributed by atoms with van der Waals surface area (Å²) in [4.78, 5) is 20.4. The second-order valence-corrected chi connectivity index (χ2v) is 3.79. The molecule has 1 N–H and O–H groups in total. The van der Waals surface area contributed by atoms with Crippen LogP contribution in [0.4, 0.5) is 15.9 Å². The van der Waals surface area contributed by atoms with Gasteiger partial charge in [0, 0.05) is 12.2 Å². The van der Waals surface area contributed by atoms with Crippen molar-refractivity contribution in [1.82, 2.24) is 9.97 Å². The largest absolute Gasteiger partial charge is 0.476 e. The Bertz CT molecular complexity index is 569. The Morgan fingerprint density at radius 3 is 2.42 bits per heavy atom. The van der Waals surface area contributed by atoms with E-state index >= 15 is 0 Å². The first kappa shape index (κ1) is 12.9. The maximum atomic E-state index is 12.9. The number of benzene rings is 1. The zero-order valence-electron chi connectivity index (χ0n) is 10.2. The number of aromatic carboxylic acids is 1. The average Bonchev–Trinajstić information content (AvgIpc) is 2.42. The minimum absolute atomic E-state index is 0.112. The summed E-state index contributed by atoms with van der Waals surface area (Å²) in [5.74, 6) is -0.921. The van der Waals surface area contributed by atoms with E-state index in [1.807, 2.05) is 6.92 Å². The van der Waals surface area contributed by atoms with E-state index < -0.39 is 5.97 Å². The van der Waals surface area contributed by atoms with Gasteiger partial charge < -0.3 is 10.0 Å².